The van der Waals surface area contributed by atoms with Gasteiger partial charge >= 0.3 is 6.01 Å². The Morgan fingerprint density at radius 2 is 2.00 bits per heavy atom. The average molecular weight is 344 g/mol. The maximum atomic E-state index is 5.05. The van der Waals surface area contributed by atoms with Crippen molar-refractivity contribution in [1.29, 1.82) is 0 Å². The van der Waals surface area contributed by atoms with Gasteiger partial charge in [0.05, 0.1) is 13.7 Å². The van der Waals surface area contributed by atoms with Crippen molar-refractivity contribution in [3.8, 4) is 6.01 Å². The van der Waals surface area contributed by atoms with Gasteiger partial charge in [0.25, 0.3) is 0 Å². The molecule has 0 atom stereocenters. The van der Waals surface area contributed by atoms with Crippen molar-refractivity contribution < 1.29 is 4.74 Å². The molecule has 2 aromatic heterocycles. The van der Waals surface area contributed by atoms with Gasteiger partial charge in [-0.15, -0.1) is 11.3 Å². The number of nitrogens with zero attached hydrogens (tertiary/aromatic N) is 3. The van der Waals surface area contributed by atoms with E-state index in [1.807, 2.05) is 18.4 Å². The van der Waals surface area contributed by atoms with Gasteiger partial charge in [-0.2, -0.15) is 15.0 Å². The van der Waals surface area contributed by atoms with Gasteiger partial charge in [0.15, 0.2) is 0 Å². The van der Waals surface area contributed by atoms with Crippen LogP contribution in [0.1, 0.15) is 11.8 Å². The number of hydrogen-bond acceptors (Lipinski definition) is 7. The van der Waals surface area contributed by atoms with Crippen molar-refractivity contribution in [2.24, 2.45) is 0 Å². The number of ether oxygens (including phenoxy) is 1. The minimum absolute atomic E-state index is 0.290. The number of thiophene rings is 1. The molecule has 102 valence electrons. The van der Waals surface area contributed by atoms with Crippen LogP contribution >= 0.6 is 27.3 Å². The minimum atomic E-state index is 0.290. The fraction of sp³-hybridized carbons (Fsp3) is 0.364. The van der Waals surface area contributed by atoms with Crippen molar-refractivity contribution >= 4 is 39.2 Å². The number of nitrogens with one attached hydrogen (secondary N) is 2. The molecular weight excluding hydrogens is 330 g/mol. The first kappa shape index (κ1) is 14.0. The zero-order valence-electron chi connectivity index (χ0n) is 10.6. The summed E-state index contributed by atoms with van der Waals surface area (Å²) in [5.74, 6) is 0.991. The molecule has 8 heteroatoms. The van der Waals surface area contributed by atoms with E-state index in [9.17, 15) is 0 Å². The minimum Gasteiger partial charge on any atom is -0.467 e. The number of aromatic nitrogens is 3. The Bertz CT molecular complexity index is 548. The highest BCUT2D eigenvalue weighted by Gasteiger charge is 2.07. The average Bonchev–Trinajstić information content (AvgIpc) is 2.82. The first-order valence-corrected chi connectivity index (χ1v) is 7.40. The molecule has 2 rings (SSSR count). The summed E-state index contributed by atoms with van der Waals surface area (Å²) in [7, 11) is 1.53. The molecule has 0 amide bonds. The molecule has 19 heavy (non-hydrogen) atoms. The molecule has 2 aromatic rings. The molecule has 0 radical (unpaired) electrons. The second kappa shape index (κ2) is 6.67. The van der Waals surface area contributed by atoms with Crippen LogP contribution in [0.3, 0.4) is 0 Å². The lowest BCUT2D eigenvalue weighted by molar-refractivity contribution is 0.379. The highest BCUT2D eigenvalue weighted by atomic mass is 79.9. The molecule has 0 aliphatic rings. The molecule has 0 saturated carbocycles. The van der Waals surface area contributed by atoms with Crippen LogP contribution in [0.5, 0.6) is 6.01 Å². The molecule has 0 aromatic carbocycles. The quantitative estimate of drug-likeness (QED) is 0.840. The smallest absolute Gasteiger partial charge is 0.322 e. The van der Waals surface area contributed by atoms with Crippen LogP contribution < -0.4 is 15.4 Å². The molecule has 2 N–H and O–H groups in total. The highest BCUT2D eigenvalue weighted by Crippen LogP contribution is 2.23. The molecule has 0 unspecified atom stereocenters. The Morgan fingerprint density at radius 3 is 2.58 bits per heavy atom. The first-order chi connectivity index (χ1) is 9.22. The lowest BCUT2D eigenvalue weighted by Crippen LogP contribution is -2.09. The van der Waals surface area contributed by atoms with E-state index in [-0.39, 0.29) is 0 Å². The third-order valence-corrected chi connectivity index (χ3v) is 4.16. The molecule has 0 fully saturated rings. The third kappa shape index (κ3) is 3.77. The van der Waals surface area contributed by atoms with Gasteiger partial charge in [0.2, 0.25) is 11.9 Å². The van der Waals surface area contributed by atoms with Crippen LogP contribution in [-0.2, 0) is 6.54 Å². The van der Waals surface area contributed by atoms with Gasteiger partial charge in [0.1, 0.15) is 0 Å². The number of hydrogen-bond donors (Lipinski definition) is 2. The van der Waals surface area contributed by atoms with Gasteiger partial charge < -0.3 is 15.4 Å². The zero-order chi connectivity index (χ0) is 13.7. The topological polar surface area (TPSA) is 72.0 Å². The molecule has 0 bridgehead atoms. The highest BCUT2D eigenvalue weighted by molar-refractivity contribution is 9.10. The van der Waals surface area contributed by atoms with E-state index >= 15 is 0 Å². The van der Waals surface area contributed by atoms with Gasteiger partial charge in [0, 0.05) is 15.9 Å². The van der Waals surface area contributed by atoms with E-state index in [4.69, 9.17) is 4.74 Å². The van der Waals surface area contributed by atoms with Crippen molar-refractivity contribution in [3.05, 3.63) is 20.8 Å². The maximum absolute atomic E-state index is 5.05. The van der Waals surface area contributed by atoms with E-state index in [2.05, 4.69) is 41.5 Å². The van der Waals surface area contributed by atoms with E-state index in [0.717, 1.165) is 11.0 Å². The van der Waals surface area contributed by atoms with Crippen molar-refractivity contribution in [3.63, 3.8) is 0 Å². The molecule has 6 nitrogen and oxygen atoms in total. The van der Waals surface area contributed by atoms with Crippen molar-refractivity contribution in [2.45, 2.75) is 13.5 Å². The number of halogens is 1. The van der Waals surface area contributed by atoms with E-state index < -0.39 is 0 Å². The third-order valence-electron chi connectivity index (χ3n) is 2.23. The summed E-state index contributed by atoms with van der Waals surface area (Å²) in [6.07, 6.45) is 0. The summed E-state index contributed by atoms with van der Waals surface area (Å²) in [5, 5.41) is 8.22. The van der Waals surface area contributed by atoms with Gasteiger partial charge in [-0.25, -0.2) is 0 Å². The number of methoxy groups -OCH3 is 1. The summed E-state index contributed by atoms with van der Waals surface area (Å²) < 4.78 is 6.14. The second-order valence-electron chi connectivity index (χ2n) is 3.54. The van der Waals surface area contributed by atoms with Crippen LogP contribution in [-0.4, -0.2) is 28.6 Å². The maximum Gasteiger partial charge on any atom is 0.322 e. The molecule has 0 aliphatic heterocycles. The Morgan fingerprint density at radius 1 is 1.26 bits per heavy atom. The summed E-state index contributed by atoms with van der Waals surface area (Å²) in [6.45, 7) is 3.37. The van der Waals surface area contributed by atoms with Crippen LogP contribution in [0.2, 0.25) is 0 Å². The Balaban J connectivity index is 2.10. The van der Waals surface area contributed by atoms with E-state index in [1.54, 1.807) is 11.3 Å². The largest absolute Gasteiger partial charge is 0.467 e. The van der Waals surface area contributed by atoms with Crippen LogP contribution in [0.4, 0.5) is 11.9 Å². The fourth-order valence-electron chi connectivity index (χ4n) is 1.37. The lowest BCUT2D eigenvalue weighted by Gasteiger charge is -2.08. The van der Waals surface area contributed by atoms with Gasteiger partial charge in [-0.05, 0) is 34.3 Å². The van der Waals surface area contributed by atoms with Gasteiger partial charge in [-0.3, -0.25) is 0 Å². The predicted molar refractivity (Wildman–Crippen MR) is 79.9 cm³/mol. The lowest BCUT2D eigenvalue weighted by atomic mass is 10.5. The first-order valence-electron chi connectivity index (χ1n) is 5.72. The van der Waals surface area contributed by atoms with Crippen molar-refractivity contribution in [1.82, 2.24) is 15.0 Å². The number of anilines is 2. The monoisotopic (exact) mass is 343 g/mol. The van der Waals surface area contributed by atoms with Gasteiger partial charge in [-0.1, -0.05) is 0 Å². The van der Waals surface area contributed by atoms with E-state index in [0.29, 0.717) is 24.5 Å². The standard InChI is InChI=1S/C11H14BrN5OS/c1-3-13-9-15-10(17-11(16-9)18-2)14-6-8-7(12)4-5-19-8/h4-5H,3,6H2,1-2H3,(H2,13,14,15,16,17). The molecule has 0 spiro atoms. The Hall–Kier alpha value is -1.41. The van der Waals surface area contributed by atoms with Crippen LogP contribution in [0, 0.1) is 0 Å². The van der Waals surface area contributed by atoms with E-state index in [1.165, 1.54) is 12.0 Å². The zero-order valence-corrected chi connectivity index (χ0v) is 13.0. The summed E-state index contributed by atoms with van der Waals surface area (Å²) in [5.41, 5.74) is 0. The summed E-state index contributed by atoms with van der Waals surface area (Å²) in [6, 6.07) is 2.30. The summed E-state index contributed by atoms with van der Waals surface area (Å²) in [4.78, 5) is 13.7. The molecular formula is C11H14BrN5OS. The predicted octanol–water partition coefficient (Wildman–Crippen LogP) is 2.75. The summed E-state index contributed by atoms with van der Waals surface area (Å²) >= 11 is 5.15. The second-order valence-corrected chi connectivity index (χ2v) is 5.40. The Kier molecular flexibility index (Phi) is 4.92. The Labute approximate surface area is 123 Å². The SMILES string of the molecule is CCNc1nc(NCc2sccc2Br)nc(OC)n1. The van der Waals surface area contributed by atoms with Crippen LogP contribution in [0.15, 0.2) is 15.9 Å². The molecule has 2 heterocycles. The van der Waals surface area contributed by atoms with Crippen LogP contribution in [0.25, 0.3) is 0 Å². The fourth-order valence-corrected chi connectivity index (χ4v) is 2.81. The molecule has 0 aliphatic carbocycles. The normalized spacial score (nSPS) is 10.3. The number of rotatable bonds is 6. The van der Waals surface area contributed by atoms with Crippen molar-refractivity contribution in [2.75, 3.05) is 24.3 Å². The molecule has 0 saturated heterocycles.